The quantitative estimate of drug-likeness (QED) is 0.505. The van der Waals surface area contributed by atoms with Crippen LogP contribution in [-0.2, 0) is 4.79 Å². The van der Waals surface area contributed by atoms with Gasteiger partial charge in [-0.15, -0.1) is 0 Å². The topological polar surface area (TPSA) is 17.1 Å². The van der Waals surface area contributed by atoms with Gasteiger partial charge in [0, 0.05) is 12.3 Å². The summed E-state index contributed by atoms with van der Waals surface area (Å²) in [5.74, 6) is 0.658. The molecule has 0 spiro atoms. The lowest BCUT2D eigenvalue weighted by molar-refractivity contribution is -0.114. The van der Waals surface area contributed by atoms with Gasteiger partial charge in [-0.3, -0.25) is 4.79 Å². The highest BCUT2D eigenvalue weighted by Gasteiger charge is 2.30. The number of allylic oxidation sites excluding steroid dienone is 4. The fourth-order valence-corrected chi connectivity index (χ4v) is 2.30. The second kappa shape index (κ2) is 4.78. The molecule has 1 atom stereocenters. The van der Waals surface area contributed by atoms with Gasteiger partial charge in [0.05, 0.1) is 0 Å². The normalized spacial score (nSPS) is 25.3. The summed E-state index contributed by atoms with van der Waals surface area (Å²) in [6.07, 6.45) is 9.14. The van der Waals surface area contributed by atoms with Crippen LogP contribution in [-0.4, -0.2) is 5.78 Å². The molecule has 0 aromatic rings. The summed E-state index contributed by atoms with van der Waals surface area (Å²) in [4.78, 5) is 11.3. The van der Waals surface area contributed by atoms with Crippen molar-refractivity contribution in [2.24, 2.45) is 11.3 Å². The van der Waals surface area contributed by atoms with Crippen LogP contribution in [0.5, 0.6) is 0 Å². The maximum absolute atomic E-state index is 11.3. The molecule has 1 aliphatic carbocycles. The van der Waals surface area contributed by atoms with Crippen molar-refractivity contribution >= 4 is 5.78 Å². The molecule has 15 heavy (non-hydrogen) atoms. The molecule has 1 heteroatoms. The van der Waals surface area contributed by atoms with E-state index in [4.69, 9.17) is 0 Å². The number of rotatable bonds is 3. The summed E-state index contributed by atoms with van der Waals surface area (Å²) in [7, 11) is 0. The van der Waals surface area contributed by atoms with Gasteiger partial charge in [-0.2, -0.15) is 0 Å². The van der Waals surface area contributed by atoms with Gasteiger partial charge < -0.3 is 0 Å². The van der Waals surface area contributed by atoms with E-state index in [-0.39, 0.29) is 5.78 Å². The Morgan fingerprint density at radius 3 is 2.80 bits per heavy atom. The predicted octanol–water partition coefficient (Wildman–Crippen LogP) is 3.90. The van der Waals surface area contributed by atoms with Crippen molar-refractivity contribution in [1.82, 2.24) is 0 Å². The fraction of sp³-hybridized carbons (Fsp3) is 0.643. The van der Waals surface area contributed by atoms with E-state index in [9.17, 15) is 4.79 Å². The number of carbonyl (C=O) groups excluding carboxylic acids is 1. The van der Waals surface area contributed by atoms with E-state index < -0.39 is 0 Å². The second-order valence-corrected chi connectivity index (χ2v) is 5.13. The lowest BCUT2D eigenvalue weighted by Gasteiger charge is -2.36. The van der Waals surface area contributed by atoms with Crippen LogP contribution in [0.4, 0.5) is 0 Å². The zero-order chi connectivity index (χ0) is 11.5. The van der Waals surface area contributed by atoms with Crippen molar-refractivity contribution in [3.8, 4) is 0 Å². The van der Waals surface area contributed by atoms with Gasteiger partial charge in [-0.25, -0.2) is 0 Å². The third-order valence-corrected chi connectivity index (χ3v) is 3.41. The highest BCUT2D eigenvalue weighted by atomic mass is 16.1. The zero-order valence-electron chi connectivity index (χ0n) is 10.3. The summed E-state index contributed by atoms with van der Waals surface area (Å²) < 4.78 is 0. The maximum Gasteiger partial charge on any atom is 0.155 e. The van der Waals surface area contributed by atoms with E-state index in [0.29, 0.717) is 17.8 Å². The summed E-state index contributed by atoms with van der Waals surface area (Å²) in [5.41, 5.74) is 1.70. The lowest BCUT2D eigenvalue weighted by Crippen LogP contribution is -2.26. The summed E-state index contributed by atoms with van der Waals surface area (Å²) in [5, 5.41) is 0. The van der Waals surface area contributed by atoms with Gasteiger partial charge in [0.25, 0.3) is 0 Å². The Morgan fingerprint density at radius 1 is 1.60 bits per heavy atom. The number of carbonyl (C=O) groups is 1. The van der Waals surface area contributed by atoms with Gasteiger partial charge in [-0.05, 0) is 31.3 Å². The average Bonchev–Trinajstić information content (AvgIpc) is 2.15. The van der Waals surface area contributed by atoms with Crippen LogP contribution >= 0.6 is 0 Å². The SMILES string of the molecule is CCC(=O)/C=C\[C@H]1C(C)=CCCC1(C)C. The minimum atomic E-state index is 0.226. The summed E-state index contributed by atoms with van der Waals surface area (Å²) >= 11 is 0. The van der Waals surface area contributed by atoms with Crippen molar-refractivity contribution in [2.45, 2.75) is 47.0 Å². The maximum atomic E-state index is 11.3. The van der Waals surface area contributed by atoms with Gasteiger partial charge in [-0.1, -0.05) is 38.5 Å². The van der Waals surface area contributed by atoms with Crippen LogP contribution in [0.1, 0.15) is 47.0 Å². The molecule has 0 fully saturated rings. The van der Waals surface area contributed by atoms with Crippen molar-refractivity contribution < 1.29 is 4.79 Å². The minimum Gasteiger partial charge on any atom is -0.295 e. The van der Waals surface area contributed by atoms with Gasteiger partial charge in [0.2, 0.25) is 0 Å². The Bertz CT molecular complexity index is 294. The number of hydrogen-bond donors (Lipinski definition) is 0. The highest BCUT2D eigenvalue weighted by molar-refractivity contribution is 5.89. The molecule has 0 aliphatic heterocycles. The Labute approximate surface area is 93.3 Å². The fourth-order valence-electron chi connectivity index (χ4n) is 2.30. The van der Waals surface area contributed by atoms with E-state index >= 15 is 0 Å². The molecule has 0 amide bonds. The minimum absolute atomic E-state index is 0.226. The molecule has 0 N–H and O–H groups in total. The Hall–Kier alpha value is -0.850. The largest absolute Gasteiger partial charge is 0.295 e. The Kier molecular flexibility index (Phi) is 3.90. The molecule has 84 valence electrons. The van der Waals surface area contributed by atoms with Crippen LogP contribution < -0.4 is 0 Å². The molecule has 1 rings (SSSR count). The first-order valence-corrected chi connectivity index (χ1v) is 5.85. The van der Waals surface area contributed by atoms with E-state index in [2.05, 4.69) is 32.9 Å². The monoisotopic (exact) mass is 206 g/mol. The lowest BCUT2D eigenvalue weighted by atomic mass is 9.68. The van der Waals surface area contributed by atoms with Crippen LogP contribution in [0.3, 0.4) is 0 Å². The van der Waals surface area contributed by atoms with Gasteiger partial charge in [0.1, 0.15) is 0 Å². The Balaban J connectivity index is 2.81. The molecule has 1 aliphatic rings. The van der Waals surface area contributed by atoms with Crippen LogP contribution in [0, 0.1) is 11.3 Å². The summed E-state index contributed by atoms with van der Waals surface area (Å²) in [6.45, 7) is 8.65. The molecule has 1 nitrogen and oxygen atoms in total. The van der Waals surface area contributed by atoms with Crippen molar-refractivity contribution in [2.75, 3.05) is 0 Å². The van der Waals surface area contributed by atoms with Gasteiger partial charge in [0.15, 0.2) is 5.78 Å². The predicted molar refractivity (Wildman–Crippen MR) is 64.7 cm³/mol. The van der Waals surface area contributed by atoms with E-state index in [0.717, 1.165) is 0 Å². The van der Waals surface area contributed by atoms with Crippen LogP contribution in [0.15, 0.2) is 23.8 Å². The van der Waals surface area contributed by atoms with E-state index in [1.165, 1.54) is 18.4 Å². The first-order valence-electron chi connectivity index (χ1n) is 5.85. The Morgan fingerprint density at radius 2 is 2.27 bits per heavy atom. The first-order chi connectivity index (χ1) is 6.97. The van der Waals surface area contributed by atoms with Gasteiger partial charge >= 0.3 is 0 Å². The molecule has 0 radical (unpaired) electrons. The molecule has 0 saturated heterocycles. The van der Waals surface area contributed by atoms with Crippen LogP contribution in [0.25, 0.3) is 0 Å². The van der Waals surface area contributed by atoms with Crippen molar-refractivity contribution in [3.63, 3.8) is 0 Å². The van der Waals surface area contributed by atoms with Crippen molar-refractivity contribution in [3.05, 3.63) is 23.8 Å². The molecule has 0 saturated carbocycles. The molecule has 0 heterocycles. The molecule has 0 bridgehead atoms. The first kappa shape index (κ1) is 12.2. The molecule has 0 aromatic heterocycles. The third-order valence-electron chi connectivity index (χ3n) is 3.41. The third kappa shape index (κ3) is 3.05. The second-order valence-electron chi connectivity index (χ2n) is 5.13. The molecular formula is C14H22O. The average molecular weight is 206 g/mol. The molecular weight excluding hydrogens is 184 g/mol. The highest BCUT2D eigenvalue weighted by Crippen LogP contribution is 2.41. The molecule has 0 aromatic carbocycles. The van der Waals surface area contributed by atoms with E-state index in [1.54, 1.807) is 6.08 Å². The van der Waals surface area contributed by atoms with Crippen molar-refractivity contribution in [1.29, 1.82) is 0 Å². The van der Waals surface area contributed by atoms with E-state index in [1.807, 2.05) is 6.92 Å². The number of hydrogen-bond acceptors (Lipinski definition) is 1. The standard InChI is InChI=1S/C14H22O/c1-5-12(15)8-9-13-11(2)7-6-10-14(13,3)4/h7-9,13H,5-6,10H2,1-4H3/b9-8-/t13-/m0/s1. The summed E-state index contributed by atoms with van der Waals surface area (Å²) in [6, 6.07) is 0. The zero-order valence-corrected chi connectivity index (χ0v) is 10.3. The number of ketones is 1. The molecule has 0 unspecified atom stereocenters. The smallest absolute Gasteiger partial charge is 0.155 e. The van der Waals surface area contributed by atoms with Crippen LogP contribution in [0.2, 0.25) is 0 Å².